The number of hydrogen-bond acceptors (Lipinski definition) is 4. The Morgan fingerprint density at radius 2 is 1.61 bits per heavy atom. The van der Waals surface area contributed by atoms with Crippen molar-refractivity contribution in [1.29, 1.82) is 0 Å². The zero-order valence-electron chi connectivity index (χ0n) is 16.6. The summed E-state index contributed by atoms with van der Waals surface area (Å²) in [6, 6.07) is 16.5. The molecule has 0 aliphatic heterocycles. The van der Waals surface area contributed by atoms with Gasteiger partial charge in [-0.25, -0.2) is 0 Å². The molecule has 0 aliphatic carbocycles. The smallest absolute Gasteiger partial charge is 0.251 e. The Morgan fingerprint density at radius 3 is 2.32 bits per heavy atom. The Kier molecular flexibility index (Phi) is 9.01. The predicted molar refractivity (Wildman–Crippen MR) is 110 cm³/mol. The Hall–Kier alpha value is -2.86. The van der Waals surface area contributed by atoms with Crippen molar-refractivity contribution in [2.45, 2.75) is 20.4 Å². The van der Waals surface area contributed by atoms with E-state index in [4.69, 9.17) is 4.74 Å². The van der Waals surface area contributed by atoms with Gasteiger partial charge in [-0.3, -0.25) is 9.59 Å². The quantitative estimate of drug-likeness (QED) is 0.625. The van der Waals surface area contributed by atoms with Gasteiger partial charge in [0.05, 0.1) is 6.54 Å². The normalized spacial score (nSPS) is 10.5. The van der Waals surface area contributed by atoms with Gasteiger partial charge in [0.15, 0.2) is 0 Å². The lowest BCUT2D eigenvalue weighted by Gasteiger charge is -2.19. The second-order valence-corrected chi connectivity index (χ2v) is 6.31. The molecule has 0 atom stereocenters. The predicted octanol–water partition coefficient (Wildman–Crippen LogP) is 2.45. The summed E-state index contributed by atoms with van der Waals surface area (Å²) < 4.78 is 5.90. The first-order valence-electron chi connectivity index (χ1n) is 9.67. The van der Waals surface area contributed by atoms with Gasteiger partial charge in [-0.15, -0.1) is 0 Å². The highest BCUT2D eigenvalue weighted by molar-refractivity contribution is 5.96. The Labute approximate surface area is 166 Å². The van der Waals surface area contributed by atoms with E-state index in [1.165, 1.54) is 0 Å². The molecule has 0 bridgehead atoms. The van der Waals surface area contributed by atoms with Crippen molar-refractivity contribution in [3.8, 4) is 5.75 Å². The average Bonchev–Trinajstić information content (AvgIpc) is 2.75. The van der Waals surface area contributed by atoms with Crippen molar-refractivity contribution >= 4 is 11.8 Å². The zero-order chi connectivity index (χ0) is 20.2. The van der Waals surface area contributed by atoms with Crippen LogP contribution in [0.5, 0.6) is 5.75 Å². The van der Waals surface area contributed by atoms with E-state index in [9.17, 15) is 9.59 Å². The minimum Gasteiger partial charge on any atom is -0.492 e. The van der Waals surface area contributed by atoms with Gasteiger partial charge < -0.3 is 20.3 Å². The van der Waals surface area contributed by atoms with Crippen LogP contribution in [0.1, 0.15) is 29.8 Å². The third kappa shape index (κ3) is 7.04. The third-order valence-corrected chi connectivity index (χ3v) is 4.45. The van der Waals surface area contributed by atoms with E-state index in [2.05, 4.69) is 29.4 Å². The van der Waals surface area contributed by atoms with Crippen LogP contribution in [0.25, 0.3) is 0 Å². The SMILES string of the molecule is CCN(CC)CCOc1ccccc1CNC(=O)CNC(=O)c1ccccc1. The largest absolute Gasteiger partial charge is 0.492 e. The molecule has 0 fully saturated rings. The summed E-state index contributed by atoms with van der Waals surface area (Å²) in [7, 11) is 0. The van der Waals surface area contributed by atoms with E-state index >= 15 is 0 Å². The minimum absolute atomic E-state index is 0.0707. The first kappa shape index (κ1) is 21.4. The fraction of sp³-hybridized carbons (Fsp3) is 0.364. The van der Waals surface area contributed by atoms with Crippen LogP contribution >= 0.6 is 0 Å². The van der Waals surface area contributed by atoms with Crippen molar-refractivity contribution in [3.05, 3.63) is 65.7 Å². The van der Waals surface area contributed by atoms with Gasteiger partial charge in [0.1, 0.15) is 12.4 Å². The third-order valence-electron chi connectivity index (χ3n) is 4.45. The molecule has 0 saturated carbocycles. The topological polar surface area (TPSA) is 70.7 Å². The maximum Gasteiger partial charge on any atom is 0.251 e. The second-order valence-electron chi connectivity index (χ2n) is 6.31. The number of likely N-dealkylation sites (N-methyl/N-ethyl adjacent to an activating group) is 1. The van der Waals surface area contributed by atoms with Crippen molar-refractivity contribution in [2.75, 3.05) is 32.8 Å². The molecule has 28 heavy (non-hydrogen) atoms. The molecular weight excluding hydrogens is 354 g/mol. The van der Waals surface area contributed by atoms with Crippen LogP contribution in [0.2, 0.25) is 0 Å². The lowest BCUT2D eigenvalue weighted by molar-refractivity contribution is -0.120. The number of benzene rings is 2. The standard InChI is InChI=1S/C22H29N3O3/c1-3-25(4-2)14-15-28-20-13-9-8-12-19(20)16-23-21(26)17-24-22(27)18-10-6-5-7-11-18/h5-13H,3-4,14-17H2,1-2H3,(H,23,26)(H,24,27). The van der Waals surface area contributed by atoms with E-state index in [1.54, 1.807) is 24.3 Å². The van der Waals surface area contributed by atoms with Crippen molar-refractivity contribution in [1.82, 2.24) is 15.5 Å². The van der Waals surface area contributed by atoms with Gasteiger partial charge >= 0.3 is 0 Å². The molecule has 0 saturated heterocycles. The van der Waals surface area contributed by atoms with Crippen molar-refractivity contribution in [2.24, 2.45) is 0 Å². The van der Waals surface area contributed by atoms with Gasteiger partial charge in [0.25, 0.3) is 5.91 Å². The number of carbonyl (C=O) groups is 2. The molecule has 2 aromatic carbocycles. The van der Waals surface area contributed by atoms with Crippen LogP contribution in [0.15, 0.2) is 54.6 Å². The van der Waals surface area contributed by atoms with Crippen molar-refractivity contribution in [3.63, 3.8) is 0 Å². The fourth-order valence-electron chi connectivity index (χ4n) is 2.72. The Bertz CT molecular complexity index is 746. The Morgan fingerprint density at radius 1 is 0.929 bits per heavy atom. The number of amides is 2. The second kappa shape index (κ2) is 11.8. The van der Waals surface area contributed by atoms with E-state index in [0.717, 1.165) is 30.9 Å². The van der Waals surface area contributed by atoms with Gasteiger partial charge in [-0.2, -0.15) is 0 Å². The molecule has 2 aromatic rings. The number of para-hydroxylation sites is 1. The van der Waals surface area contributed by atoms with Gasteiger partial charge in [0, 0.05) is 24.2 Å². The van der Waals surface area contributed by atoms with E-state index in [-0.39, 0.29) is 18.4 Å². The minimum atomic E-state index is -0.268. The fourth-order valence-corrected chi connectivity index (χ4v) is 2.72. The highest BCUT2D eigenvalue weighted by atomic mass is 16.5. The van der Waals surface area contributed by atoms with Crippen LogP contribution < -0.4 is 15.4 Å². The number of hydrogen-bond donors (Lipinski definition) is 2. The summed E-state index contributed by atoms with van der Waals surface area (Å²) in [4.78, 5) is 26.3. The molecule has 6 nitrogen and oxygen atoms in total. The van der Waals surface area contributed by atoms with Gasteiger partial charge in [-0.1, -0.05) is 50.2 Å². The van der Waals surface area contributed by atoms with Crippen LogP contribution in [0, 0.1) is 0 Å². The summed E-state index contributed by atoms with van der Waals surface area (Å²) in [5.74, 6) is 0.251. The lowest BCUT2D eigenvalue weighted by atomic mass is 10.2. The molecule has 0 unspecified atom stereocenters. The maximum atomic E-state index is 12.1. The lowest BCUT2D eigenvalue weighted by Crippen LogP contribution is -2.36. The molecule has 2 N–H and O–H groups in total. The molecule has 2 amide bonds. The first-order valence-corrected chi connectivity index (χ1v) is 9.67. The molecule has 0 spiro atoms. The summed E-state index contributed by atoms with van der Waals surface area (Å²) in [5.41, 5.74) is 1.44. The first-order chi connectivity index (χ1) is 13.6. The molecule has 2 rings (SSSR count). The maximum absolute atomic E-state index is 12.1. The number of rotatable bonds is 11. The van der Waals surface area contributed by atoms with Crippen LogP contribution in [-0.2, 0) is 11.3 Å². The van der Waals surface area contributed by atoms with Crippen LogP contribution in [0.4, 0.5) is 0 Å². The summed E-state index contributed by atoms with van der Waals surface area (Å²) in [5, 5.41) is 5.45. The molecule has 0 radical (unpaired) electrons. The number of ether oxygens (including phenoxy) is 1. The van der Waals surface area contributed by atoms with E-state index < -0.39 is 0 Å². The number of nitrogens with one attached hydrogen (secondary N) is 2. The monoisotopic (exact) mass is 383 g/mol. The molecular formula is C22H29N3O3. The molecule has 0 heterocycles. The van der Waals surface area contributed by atoms with Crippen LogP contribution in [0.3, 0.4) is 0 Å². The highest BCUT2D eigenvalue weighted by Gasteiger charge is 2.09. The van der Waals surface area contributed by atoms with E-state index in [0.29, 0.717) is 18.7 Å². The van der Waals surface area contributed by atoms with E-state index in [1.807, 2.05) is 30.3 Å². The summed E-state index contributed by atoms with van der Waals surface area (Å²) in [6.07, 6.45) is 0. The average molecular weight is 383 g/mol. The van der Waals surface area contributed by atoms with Gasteiger partial charge in [-0.05, 0) is 31.3 Å². The molecule has 0 aromatic heterocycles. The highest BCUT2D eigenvalue weighted by Crippen LogP contribution is 2.17. The number of nitrogens with zero attached hydrogens (tertiary/aromatic N) is 1. The molecule has 6 heteroatoms. The summed E-state index contributed by atoms with van der Waals surface area (Å²) >= 11 is 0. The Balaban J connectivity index is 1.78. The molecule has 150 valence electrons. The van der Waals surface area contributed by atoms with Crippen molar-refractivity contribution < 1.29 is 14.3 Å². The van der Waals surface area contributed by atoms with Crippen LogP contribution in [-0.4, -0.2) is 49.5 Å². The van der Waals surface area contributed by atoms with Gasteiger partial charge in [0.2, 0.25) is 5.91 Å². The molecule has 0 aliphatic rings. The zero-order valence-corrected chi connectivity index (χ0v) is 16.6. The number of carbonyl (C=O) groups excluding carboxylic acids is 2. The summed E-state index contributed by atoms with van der Waals surface area (Å²) in [6.45, 7) is 7.98.